The fraction of sp³-hybridized carbons (Fsp3) is 0.286. The highest BCUT2D eigenvalue weighted by atomic mass is 14.9. The van der Waals surface area contributed by atoms with Gasteiger partial charge in [0.1, 0.15) is 5.82 Å². The normalized spacial score (nSPS) is 14.9. The zero-order valence-corrected chi connectivity index (χ0v) is 9.85. The number of hydrogen-bond acceptors (Lipinski definition) is 3. The Labute approximate surface area is 101 Å². The van der Waals surface area contributed by atoms with Crippen LogP contribution in [0.5, 0.6) is 0 Å². The Kier molecular flexibility index (Phi) is 2.32. The molecule has 0 atom stereocenters. The first-order valence-electron chi connectivity index (χ1n) is 5.93. The quantitative estimate of drug-likeness (QED) is 0.799. The molecule has 3 heteroatoms. The van der Waals surface area contributed by atoms with Crippen LogP contribution in [-0.2, 0) is 0 Å². The molecule has 1 aromatic heterocycles. The standard InChI is InChI=1S/C14H15N3/c1-9-13(11-3-2-4-12(15)7-11)8-16-14(17-9)10-5-6-10/h2-4,7-8,10H,5-6,15H2,1H3. The van der Waals surface area contributed by atoms with Gasteiger partial charge in [-0.2, -0.15) is 0 Å². The molecule has 0 spiro atoms. The Morgan fingerprint density at radius 2 is 2.12 bits per heavy atom. The van der Waals surface area contributed by atoms with Crippen LogP contribution in [0.1, 0.15) is 30.3 Å². The van der Waals surface area contributed by atoms with Gasteiger partial charge in [0.2, 0.25) is 0 Å². The highest BCUT2D eigenvalue weighted by molar-refractivity contribution is 5.68. The summed E-state index contributed by atoms with van der Waals surface area (Å²) in [6.07, 6.45) is 4.39. The molecule has 2 aromatic rings. The molecule has 86 valence electrons. The Hall–Kier alpha value is -1.90. The second-order valence-corrected chi connectivity index (χ2v) is 4.63. The van der Waals surface area contributed by atoms with Gasteiger partial charge in [-0.1, -0.05) is 12.1 Å². The number of rotatable bonds is 2. The van der Waals surface area contributed by atoms with Gasteiger partial charge in [0.15, 0.2) is 0 Å². The lowest BCUT2D eigenvalue weighted by molar-refractivity contribution is 0.908. The van der Waals surface area contributed by atoms with Crippen LogP contribution in [-0.4, -0.2) is 9.97 Å². The molecular formula is C14H15N3. The molecule has 0 amide bonds. The fourth-order valence-electron chi connectivity index (χ4n) is 2.01. The third kappa shape index (κ3) is 2.00. The number of aryl methyl sites for hydroxylation is 1. The molecule has 1 aliphatic rings. The Morgan fingerprint density at radius 3 is 2.76 bits per heavy atom. The monoisotopic (exact) mass is 225 g/mol. The Bertz CT molecular complexity index is 559. The van der Waals surface area contributed by atoms with E-state index in [0.29, 0.717) is 5.92 Å². The fourth-order valence-corrected chi connectivity index (χ4v) is 2.01. The van der Waals surface area contributed by atoms with Gasteiger partial charge < -0.3 is 5.73 Å². The largest absolute Gasteiger partial charge is 0.399 e. The first-order valence-corrected chi connectivity index (χ1v) is 5.93. The average molecular weight is 225 g/mol. The molecule has 0 saturated heterocycles. The first-order chi connectivity index (χ1) is 8.24. The second-order valence-electron chi connectivity index (χ2n) is 4.63. The van der Waals surface area contributed by atoms with Crippen molar-refractivity contribution in [3.8, 4) is 11.1 Å². The van der Waals surface area contributed by atoms with Gasteiger partial charge in [0.25, 0.3) is 0 Å². The maximum Gasteiger partial charge on any atom is 0.131 e. The van der Waals surface area contributed by atoms with Crippen LogP contribution in [0.2, 0.25) is 0 Å². The molecule has 0 radical (unpaired) electrons. The summed E-state index contributed by atoms with van der Waals surface area (Å²) >= 11 is 0. The van der Waals surface area contributed by atoms with Crippen molar-refractivity contribution in [3.63, 3.8) is 0 Å². The van der Waals surface area contributed by atoms with Crippen LogP contribution in [0.4, 0.5) is 5.69 Å². The van der Waals surface area contributed by atoms with Crippen LogP contribution < -0.4 is 5.73 Å². The van der Waals surface area contributed by atoms with Gasteiger partial charge in [-0.3, -0.25) is 0 Å². The van der Waals surface area contributed by atoms with E-state index in [1.165, 1.54) is 12.8 Å². The van der Waals surface area contributed by atoms with Gasteiger partial charge >= 0.3 is 0 Å². The van der Waals surface area contributed by atoms with Gasteiger partial charge in [-0.25, -0.2) is 9.97 Å². The van der Waals surface area contributed by atoms with Crippen LogP contribution in [0.3, 0.4) is 0 Å². The third-order valence-electron chi connectivity index (χ3n) is 3.14. The lowest BCUT2D eigenvalue weighted by atomic mass is 10.1. The molecule has 17 heavy (non-hydrogen) atoms. The van der Waals surface area contributed by atoms with Crippen LogP contribution in [0.25, 0.3) is 11.1 Å². The summed E-state index contributed by atoms with van der Waals surface area (Å²) in [5.41, 5.74) is 9.76. The van der Waals surface area contributed by atoms with Gasteiger partial charge in [-0.15, -0.1) is 0 Å². The van der Waals surface area contributed by atoms with E-state index in [1.807, 2.05) is 37.4 Å². The van der Waals surface area contributed by atoms with Gasteiger partial charge in [0, 0.05) is 29.1 Å². The molecule has 3 nitrogen and oxygen atoms in total. The topological polar surface area (TPSA) is 51.8 Å². The summed E-state index contributed by atoms with van der Waals surface area (Å²) in [5, 5.41) is 0. The van der Waals surface area contributed by atoms with Crippen molar-refractivity contribution in [2.24, 2.45) is 0 Å². The average Bonchev–Trinajstić information content (AvgIpc) is 3.12. The van der Waals surface area contributed by atoms with E-state index in [0.717, 1.165) is 28.3 Å². The van der Waals surface area contributed by atoms with Crippen LogP contribution in [0.15, 0.2) is 30.5 Å². The van der Waals surface area contributed by atoms with Crippen molar-refractivity contribution < 1.29 is 0 Å². The molecule has 1 heterocycles. The summed E-state index contributed by atoms with van der Waals surface area (Å²) in [7, 11) is 0. The van der Waals surface area contributed by atoms with E-state index in [2.05, 4.69) is 9.97 Å². The van der Waals surface area contributed by atoms with Crippen molar-refractivity contribution in [2.75, 3.05) is 5.73 Å². The smallest absolute Gasteiger partial charge is 0.131 e. The number of anilines is 1. The van der Waals surface area contributed by atoms with Crippen LogP contribution in [0, 0.1) is 6.92 Å². The summed E-state index contributed by atoms with van der Waals surface area (Å²) in [6.45, 7) is 2.03. The zero-order valence-electron chi connectivity index (χ0n) is 9.85. The van der Waals surface area contributed by atoms with Crippen molar-refractivity contribution in [1.29, 1.82) is 0 Å². The lowest BCUT2D eigenvalue weighted by Gasteiger charge is -2.07. The zero-order chi connectivity index (χ0) is 11.8. The van der Waals surface area contributed by atoms with E-state index in [1.54, 1.807) is 0 Å². The summed E-state index contributed by atoms with van der Waals surface area (Å²) < 4.78 is 0. The molecule has 0 aliphatic heterocycles. The maximum absolute atomic E-state index is 5.79. The van der Waals surface area contributed by atoms with E-state index >= 15 is 0 Å². The highest BCUT2D eigenvalue weighted by Crippen LogP contribution is 2.38. The highest BCUT2D eigenvalue weighted by Gasteiger charge is 2.26. The molecule has 3 rings (SSSR count). The predicted octanol–water partition coefficient (Wildman–Crippen LogP) is 2.91. The number of benzene rings is 1. The Balaban J connectivity index is 2.02. The summed E-state index contributed by atoms with van der Waals surface area (Å²) in [5.74, 6) is 1.60. The Morgan fingerprint density at radius 1 is 1.29 bits per heavy atom. The van der Waals surface area contributed by atoms with Crippen molar-refractivity contribution in [3.05, 3.63) is 42.0 Å². The third-order valence-corrected chi connectivity index (χ3v) is 3.14. The molecule has 2 N–H and O–H groups in total. The number of hydrogen-bond donors (Lipinski definition) is 1. The lowest BCUT2D eigenvalue weighted by Crippen LogP contribution is -1.97. The summed E-state index contributed by atoms with van der Waals surface area (Å²) in [6, 6.07) is 7.85. The molecule has 0 unspecified atom stereocenters. The summed E-state index contributed by atoms with van der Waals surface area (Å²) in [4.78, 5) is 9.04. The minimum Gasteiger partial charge on any atom is -0.399 e. The van der Waals surface area contributed by atoms with E-state index in [9.17, 15) is 0 Å². The second kappa shape index (κ2) is 3.84. The van der Waals surface area contributed by atoms with Crippen molar-refractivity contribution in [2.45, 2.75) is 25.7 Å². The van der Waals surface area contributed by atoms with Gasteiger partial charge in [-0.05, 0) is 37.5 Å². The number of aromatic nitrogens is 2. The number of nitrogens with zero attached hydrogens (tertiary/aromatic N) is 2. The van der Waals surface area contributed by atoms with Crippen LogP contribution >= 0.6 is 0 Å². The predicted molar refractivity (Wildman–Crippen MR) is 68.6 cm³/mol. The van der Waals surface area contributed by atoms with E-state index in [4.69, 9.17) is 5.73 Å². The SMILES string of the molecule is Cc1nc(C2CC2)ncc1-c1cccc(N)c1. The van der Waals surface area contributed by atoms with Gasteiger partial charge in [0.05, 0.1) is 0 Å². The molecule has 1 aromatic carbocycles. The molecular weight excluding hydrogens is 210 g/mol. The molecule has 0 bridgehead atoms. The van der Waals surface area contributed by atoms with Crippen molar-refractivity contribution >= 4 is 5.69 Å². The number of nitrogen functional groups attached to an aromatic ring is 1. The molecule has 1 fully saturated rings. The molecule has 1 saturated carbocycles. The van der Waals surface area contributed by atoms with E-state index in [-0.39, 0.29) is 0 Å². The first kappa shape index (κ1) is 10.3. The molecule has 1 aliphatic carbocycles. The van der Waals surface area contributed by atoms with E-state index < -0.39 is 0 Å². The number of nitrogens with two attached hydrogens (primary N) is 1. The van der Waals surface area contributed by atoms with Crippen molar-refractivity contribution in [1.82, 2.24) is 9.97 Å². The minimum absolute atomic E-state index is 0.601. The minimum atomic E-state index is 0.601. The maximum atomic E-state index is 5.79.